The molecule has 3 aromatic carbocycles. The van der Waals surface area contributed by atoms with Gasteiger partial charge in [-0.2, -0.15) is 0 Å². The number of esters is 2. The second kappa shape index (κ2) is 13.8. The number of rotatable bonds is 13. The lowest BCUT2D eigenvalue weighted by Crippen LogP contribution is -2.01. The summed E-state index contributed by atoms with van der Waals surface area (Å²) in [7, 11) is 0. The lowest BCUT2D eigenvalue weighted by Gasteiger charge is -2.12. The fraction of sp³-hybridized carbons (Fsp3) is 0.250. The average Bonchev–Trinajstić information content (AvgIpc) is 2.93. The molecule has 0 spiro atoms. The van der Waals surface area contributed by atoms with Crippen molar-refractivity contribution in [1.29, 1.82) is 0 Å². The second-order valence-electron chi connectivity index (χ2n) is 8.71. The molecule has 0 aliphatic carbocycles. The standard InChI is InChI=1S/C32H34O4/c1-4-29-21-26(12-7-24-8-13-27(14-9-24)22-35-31(33)5-2)18-20-30(29)19-17-25-10-15-28(16-11-25)23-36-32(34)6-3/h5-6,8-11,13-16,18,20-21H,2-4,7,12,17,19,22-23H2,1H3. The summed E-state index contributed by atoms with van der Waals surface area (Å²) in [6.45, 7) is 9.56. The normalized spacial score (nSPS) is 10.5. The Morgan fingerprint density at radius 2 is 1.03 bits per heavy atom. The predicted octanol–water partition coefficient (Wildman–Crippen LogP) is 6.28. The van der Waals surface area contributed by atoms with Crippen LogP contribution in [0.5, 0.6) is 0 Å². The maximum absolute atomic E-state index is 11.2. The molecule has 36 heavy (non-hydrogen) atoms. The highest BCUT2D eigenvalue weighted by atomic mass is 16.5. The van der Waals surface area contributed by atoms with Crippen LogP contribution >= 0.6 is 0 Å². The molecular formula is C32H34O4. The van der Waals surface area contributed by atoms with Crippen LogP contribution in [0, 0.1) is 0 Å². The molecule has 0 saturated heterocycles. The molecule has 0 radical (unpaired) electrons. The Hall–Kier alpha value is -3.92. The third kappa shape index (κ3) is 8.38. The Balaban J connectivity index is 1.51. The molecule has 186 valence electrons. The molecular weight excluding hydrogens is 448 g/mol. The van der Waals surface area contributed by atoms with E-state index in [1.54, 1.807) is 0 Å². The molecule has 4 nitrogen and oxygen atoms in total. The average molecular weight is 483 g/mol. The van der Waals surface area contributed by atoms with Crippen LogP contribution in [0.2, 0.25) is 0 Å². The van der Waals surface area contributed by atoms with Crippen LogP contribution in [0.4, 0.5) is 0 Å². The fourth-order valence-electron chi connectivity index (χ4n) is 4.01. The number of carbonyl (C=O) groups is 2. The number of carbonyl (C=O) groups excluding carboxylic acids is 2. The van der Waals surface area contributed by atoms with Gasteiger partial charge >= 0.3 is 11.9 Å². The molecule has 0 saturated carbocycles. The summed E-state index contributed by atoms with van der Waals surface area (Å²) in [5, 5.41) is 0. The second-order valence-corrected chi connectivity index (χ2v) is 8.71. The van der Waals surface area contributed by atoms with Gasteiger partial charge in [0.15, 0.2) is 0 Å². The Kier molecular flexibility index (Phi) is 10.3. The fourth-order valence-corrected chi connectivity index (χ4v) is 4.01. The van der Waals surface area contributed by atoms with Gasteiger partial charge in [-0.15, -0.1) is 0 Å². The zero-order valence-corrected chi connectivity index (χ0v) is 21.0. The molecule has 0 atom stereocenters. The van der Waals surface area contributed by atoms with Gasteiger partial charge in [-0.25, -0.2) is 9.59 Å². The van der Waals surface area contributed by atoms with E-state index in [-0.39, 0.29) is 13.2 Å². The van der Waals surface area contributed by atoms with E-state index in [4.69, 9.17) is 9.47 Å². The van der Waals surface area contributed by atoms with Gasteiger partial charge < -0.3 is 9.47 Å². The topological polar surface area (TPSA) is 52.6 Å². The van der Waals surface area contributed by atoms with E-state index in [0.29, 0.717) is 0 Å². The molecule has 0 amide bonds. The third-order valence-corrected chi connectivity index (χ3v) is 6.18. The molecule has 0 fully saturated rings. The van der Waals surface area contributed by atoms with Gasteiger partial charge in [0, 0.05) is 12.2 Å². The quantitative estimate of drug-likeness (QED) is 0.213. The number of hydrogen-bond acceptors (Lipinski definition) is 4. The van der Waals surface area contributed by atoms with Gasteiger partial charge in [-0.3, -0.25) is 0 Å². The maximum Gasteiger partial charge on any atom is 0.330 e. The van der Waals surface area contributed by atoms with E-state index in [9.17, 15) is 9.59 Å². The SMILES string of the molecule is C=CC(=O)OCc1ccc(CCc2ccc(CCc3ccc(COC(=O)C=C)cc3)c(CC)c2)cc1. The zero-order chi connectivity index (χ0) is 25.8. The summed E-state index contributed by atoms with van der Waals surface area (Å²) >= 11 is 0. The lowest BCUT2D eigenvalue weighted by molar-refractivity contribution is -0.139. The first-order valence-corrected chi connectivity index (χ1v) is 12.4. The van der Waals surface area contributed by atoms with Crippen molar-refractivity contribution in [3.8, 4) is 0 Å². The van der Waals surface area contributed by atoms with E-state index < -0.39 is 11.9 Å². The van der Waals surface area contributed by atoms with E-state index in [1.165, 1.54) is 40.0 Å². The summed E-state index contributed by atoms with van der Waals surface area (Å²) < 4.78 is 10.2. The smallest absolute Gasteiger partial charge is 0.330 e. The molecule has 0 aliphatic rings. The third-order valence-electron chi connectivity index (χ3n) is 6.18. The van der Waals surface area contributed by atoms with Gasteiger partial charge in [0.25, 0.3) is 0 Å². The van der Waals surface area contributed by atoms with E-state index in [1.807, 2.05) is 24.3 Å². The minimum atomic E-state index is -0.407. The molecule has 3 aromatic rings. The van der Waals surface area contributed by atoms with Crippen LogP contribution in [-0.4, -0.2) is 11.9 Å². The van der Waals surface area contributed by atoms with Crippen LogP contribution in [0.3, 0.4) is 0 Å². The number of aryl methyl sites for hydroxylation is 5. The number of hydrogen-bond donors (Lipinski definition) is 0. The minimum Gasteiger partial charge on any atom is -0.458 e. The Morgan fingerprint density at radius 3 is 1.50 bits per heavy atom. The molecule has 0 N–H and O–H groups in total. The number of ether oxygens (including phenoxy) is 2. The molecule has 0 heterocycles. The molecule has 0 aromatic heterocycles. The van der Waals surface area contributed by atoms with Gasteiger partial charge in [-0.05, 0) is 71.0 Å². The van der Waals surface area contributed by atoms with E-state index >= 15 is 0 Å². The summed E-state index contributed by atoms with van der Waals surface area (Å²) in [5.74, 6) is -0.813. The highest BCUT2D eigenvalue weighted by Crippen LogP contribution is 2.18. The van der Waals surface area contributed by atoms with Gasteiger partial charge in [0.2, 0.25) is 0 Å². The van der Waals surface area contributed by atoms with Crippen molar-refractivity contribution in [3.05, 3.63) is 131 Å². The molecule has 3 rings (SSSR count). The number of benzene rings is 3. The van der Waals surface area contributed by atoms with Crippen molar-refractivity contribution < 1.29 is 19.1 Å². The van der Waals surface area contributed by atoms with Crippen LogP contribution < -0.4 is 0 Å². The summed E-state index contributed by atoms with van der Waals surface area (Å²) in [5.41, 5.74) is 8.61. The highest BCUT2D eigenvalue weighted by Gasteiger charge is 2.06. The highest BCUT2D eigenvalue weighted by molar-refractivity contribution is 5.81. The van der Waals surface area contributed by atoms with Crippen LogP contribution in [-0.2, 0) is 64.4 Å². The summed E-state index contributed by atoms with van der Waals surface area (Å²) in [4.78, 5) is 22.4. The Labute approximate surface area is 214 Å². The Morgan fingerprint density at radius 1 is 0.611 bits per heavy atom. The van der Waals surface area contributed by atoms with Crippen molar-refractivity contribution in [2.75, 3.05) is 0 Å². The largest absolute Gasteiger partial charge is 0.458 e. The maximum atomic E-state index is 11.2. The first-order valence-electron chi connectivity index (χ1n) is 12.4. The van der Waals surface area contributed by atoms with E-state index in [0.717, 1.165) is 43.2 Å². The van der Waals surface area contributed by atoms with Gasteiger partial charge in [0.05, 0.1) is 0 Å². The first-order chi connectivity index (χ1) is 17.5. The van der Waals surface area contributed by atoms with E-state index in [2.05, 4.69) is 62.5 Å². The molecule has 0 aliphatic heterocycles. The van der Waals surface area contributed by atoms with Crippen LogP contribution in [0.1, 0.15) is 45.9 Å². The first kappa shape index (κ1) is 26.7. The van der Waals surface area contributed by atoms with Crippen molar-refractivity contribution in [2.45, 2.75) is 52.2 Å². The van der Waals surface area contributed by atoms with Crippen molar-refractivity contribution in [1.82, 2.24) is 0 Å². The van der Waals surface area contributed by atoms with Crippen LogP contribution in [0.25, 0.3) is 0 Å². The zero-order valence-electron chi connectivity index (χ0n) is 21.0. The predicted molar refractivity (Wildman–Crippen MR) is 144 cm³/mol. The summed E-state index contributed by atoms with van der Waals surface area (Å²) in [6, 6.07) is 23.3. The lowest BCUT2D eigenvalue weighted by atomic mass is 9.94. The van der Waals surface area contributed by atoms with Gasteiger partial charge in [-0.1, -0.05) is 86.8 Å². The molecule has 4 heteroatoms. The molecule has 0 bridgehead atoms. The van der Waals surface area contributed by atoms with Gasteiger partial charge in [0.1, 0.15) is 13.2 Å². The minimum absolute atomic E-state index is 0.266. The molecule has 0 unspecified atom stereocenters. The Bertz CT molecular complexity index is 1170. The van der Waals surface area contributed by atoms with Crippen molar-refractivity contribution in [3.63, 3.8) is 0 Å². The van der Waals surface area contributed by atoms with Crippen LogP contribution in [0.15, 0.2) is 92.0 Å². The van der Waals surface area contributed by atoms with Crippen molar-refractivity contribution in [2.24, 2.45) is 0 Å². The monoisotopic (exact) mass is 482 g/mol. The summed E-state index contributed by atoms with van der Waals surface area (Å²) in [6.07, 6.45) is 7.26. The van der Waals surface area contributed by atoms with Crippen molar-refractivity contribution >= 4 is 11.9 Å².